The number of carbonyl (C=O) groups excluding carboxylic acids is 1. The zero-order valence-electron chi connectivity index (χ0n) is 11.6. The van der Waals surface area contributed by atoms with Crippen molar-refractivity contribution in [2.24, 2.45) is 0 Å². The standard InChI is InChI=1S/C13H12N4O3S2/c1-2-21-13-16-15-12(22-13)14-11(18)8-5-9-3-6-10(7-4-9)17(19)20/h3-8H,2H2,1H3,(H,14,15,18)/b8-5+. The molecule has 0 saturated carbocycles. The SMILES string of the molecule is CCSc1nnc(NC(=O)/C=C/c2ccc([N+](=O)[O-])cc2)s1. The Morgan fingerprint density at radius 2 is 2.14 bits per heavy atom. The molecule has 9 heteroatoms. The molecule has 0 aliphatic heterocycles. The van der Waals surface area contributed by atoms with Crippen molar-refractivity contribution in [3.8, 4) is 0 Å². The molecule has 7 nitrogen and oxygen atoms in total. The van der Waals surface area contributed by atoms with Gasteiger partial charge < -0.3 is 0 Å². The summed E-state index contributed by atoms with van der Waals surface area (Å²) >= 11 is 2.87. The molecule has 0 spiro atoms. The number of aromatic nitrogens is 2. The first-order chi connectivity index (χ1) is 10.6. The Morgan fingerprint density at radius 3 is 2.77 bits per heavy atom. The fourth-order valence-electron chi connectivity index (χ4n) is 1.47. The van der Waals surface area contributed by atoms with Crippen LogP contribution >= 0.6 is 23.1 Å². The summed E-state index contributed by atoms with van der Waals surface area (Å²) in [7, 11) is 0. The van der Waals surface area contributed by atoms with E-state index in [1.54, 1.807) is 30.0 Å². The molecule has 1 aromatic heterocycles. The Hall–Kier alpha value is -2.26. The van der Waals surface area contributed by atoms with Crippen molar-refractivity contribution in [1.82, 2.24) is 10.2 Å². The lowest BCUT2D eigenvalue weighted by molar-refractivity contribution is -0.384. The number of nitrogens with zero attached hydrogens (tertiary/aromatic N) is 3. The predicted molar refractivity (Wildman–Crippen MR) is 87.1 cm³/mol. The van der Waals surface area contributed by atoms with Crippen molar-refractivity contribution in [1.29, 1.82) is 0 Å². The van der Waals surface area contributed by atoms with Gasteiger partial charge in [0.05, 0.1) is 4.92 Å². The van der Waals surface area contributed by atoms with Gasteiger partial charge >= 0.3 is 0 Å². The number of thioether (sulfide) groups is 1. The number of anilines is 1. The van der Waals surface area contributed by atoms with Gasteiger partial charge in [-0.3, -0.25) is 20.2 Å². The van der Waals surface area contributed by atoms with Crippen LogP contribution in [0.15, 0.2) is 34.7 Å². The van der Waals surface area contributed by atoms with E-state index in [1.807, 2.05) is 6.92 Å². The van der Waals surface area contributed by atoms with Crippen LogP contribution in [0.2, 0.25) is 0 Å². The summed E-state index contributed by atoms with van der Waals surface area (Å²) < 4.78 is 0.803. The highest BCUT2D eigenvalue weighted by Gasteiger charge is 2.06. The van der Waals surface area contributed by atoms with Crippen molar-refractivity contribution in [3.63, 3.8) is 0 Å². The van der Waals surface area contributed by atoms with Crippen molar-refractivity contribution >= 4 is 45.9 Å². The number of nitro groups is 1. The lowest BCUT2D eigenvalue weighted by Crippen LogP contribution is -2.07. The van der Waals surface area contributed by atoms with Crippen LogP contribution in [-0.4, -0.2) is 26.8 Å². The van der Waals surface area contributed by atoms with Crippen molar-refractivity contribution < 1.29 is 9.72 Å². The number of non-ortho nitro benzene ring substituents is 1. The fourth-order valence-corrected chi connectivity index (χ4v) is 3.12. The molecule has 1 heterocycles. The van der Waals surface area contributed by atoms with Crippen LogP contribution in [0.4, 0.5) is 10.8 Å². The van der Waals surface area contributed by atoms with Crippen molar-refractivity contribution in [3.05, 3.63) is 46.0 Å². The highest BCUT2D eigenvalue weighted by molar-refractivity contribution is 8.01. The monoisotopic (exact) mass is 336 g/mol. The second-order valence-corrected chi connectivity index (χ2v) is 6.47. The Labute approximate surface area is 134 Å². The molecule has 2 aromatic rings. The van der Waals surface area contributed by atoms with Gasteiger partial charge in [-0.2, -0.15) is 0 Å². The first kappa shape index (κ1) is 16.1. The van der Waals surface area contributed by atoms with Crippen LogP contribution in [0.1, 0.15) is 12.5 Å². The van der Waals surface area contributed by atoms with Gasteiger partial charge in [-0.1, -0.05) is 30.0 Å². The number of carbonyl (C=O) groups is 1. The second-order valence-electron chi connectivity index (χ2n) is 3.98. The minimum atomic E-state index is -0.471. The Bertz CT molecular complexity index is 698. The number of nitro benzene ring substituents is 1. The summed E-state index contributed by atoms with van der Waals surface area (Å²) in [6.07, 6.45) is 2.91. The topological polar surface area (TPSA) is 98.0 Å². The predicted octanol–water partition coefficient (Wildman–Crippen LogP) is 3.21. The third kappa shape index (κ3) is 4.64. The maximum absolute atomic E-state index is 11.8. The van der Waals surface area contributed by atoms with E-state index in [1.165, 1.54) is 29.5 Å². The Morgan fingerprint density at radius 1 is 1.41 bits per heavy atom. The number of rotatable bonds is 6. The summed E-state index contributed by atoms with van der Waals surface area (Å²) in [5.41, 5.74) is 0.705. The van der Waals surface area contributed by atoms with E-state index in [2.05, 4.69) is 15.5 Å². The average Bonchev–Trinajstić information content (AvgIpc) is 2.93. The third-order valence-electron chi connectivity index (χ3n) is 2.44. The van der Waals surface area contributed by atoms with Gasteiger partial charge in [0.25, 0.3) is 5.69 Å². The highest BCUT2D eigenvalue weighted by Crippen LogP contribution is 2.24. The van der Waals surface area contributed by atoms with E-state index in [-0.39, 0.29) is 11.6 Å². The minimum absolute atomic E-state index is 0.0106. The zero-order valence-corrected chi connectivity index (χ0v) is 13.2. The average molecular weight is 336 g/mol. The lowest BCUT2D eigenvalue weighted by atomic mass is 10.2. The summed E-state index contributed by atoms with van der Waals surface area (Å²) in [5, 5.41) is 21.4. The van der Waals surface area contributed by atoms with Gasteiger partial charge in [0, 0.05) is 18.2 Å². The molecule has 114 valence electrons. The molecular weight excluding hydrogens is 324 g/mol. The summed E-state index contributed by atoms with van der Waals surface area (Å²) in [6, 6.07) is 5.92. The largest absolute Gasteiger partial charge is 0.297 e. The van der Waals surface area contributed by atoms with E-state index in [0.29, 0.717) is 10.7 Å². The molecule has 0 aliphatic carbocycles. The number of nitrogens with one attached hydrogen (secondary N) is 1. The van der Waals surface area contributed by atoms with E-state index in [4.69, 9.17) is 0 Å². The fraction of sp³-hybridized carbons (Fsp3) is 0.154. The molecule has 0 saturated heterocycles. The molecular formula is C13H12N4O3S2. The maximum Gasteiger partial charge on any atom is 0.269 e. The van der Waals surface area contributed by atoms with Gasteiger partial charge in [-0.05, 0) is 29.5 Å². The number of benzene rings is 1. The van der Waals surface area contributed by atoms with E-state index < -0.39 is 4.92 Å². The molecule has 1 amide bonds. The molecule has 0 aliphatic rings. The van der Waals surface area contributed by atoms with Gasteiger partial charge in [-0.15, -0.1) is 10.2 Å². The molecule has 22 heavy (non-hydrogen) atoms. The number of hydrogen-bond donors (Lipinski definition) is 1. The van der Waals surface area contributed by atoms with Gasteiger partial charge in [-0.25, -0.2) is 0 Å². The molecule has 0 atom stereocenters. The Balaban J connectivity index is 1.94. The van der Waals surface area contributed by atoms with Crippen molar-refractivity contribution in [2.45, 2.75) is 11.3 Å². The van der Waals surface area contributed by atoms with Gasteiger partial charge in [0.1, 0.15) is 0 Å². The molecule has 1 N–H and O–H groups in total. The molecule has 0 bridgehead atoms. The van der Waals surface area contributed by atoms with E-state index in [0.717, 1.165) is 10.1 Å². The first-order valence-corrected chi connectivity index (χ1v) is 8.08. The Kier molecular flexibility index (Phi) is 5.61. The minimum Gasteiger partial charge on any atom is -0.297 e. The van der Waals surface area contributed by atoms with Crippen LogP contribution in [-0.2, 0) is 4.79 Å². The lowest BCUT2D eigenvalue weighted by Gasteiger charge is -1.95. The van der Waals surface area contributed by atoms with Crippen LogP contribution in [0.5, 0.6) is 0 Å². The molecule has 2 rings (SSSR count). The van der Waals surface area contributed by atoms with Crippen LogP contribution in [0.3, 0.4) is 0 Å². The van der Waals surface area contributed by atoms with Crippen LogP contribution in [0.25, 0.3) is 6.08 Å². The van der Waals surface area contributed by atoms with E-state index in [9.17, 15) is 14.9 Å². The molecule has 1 aromatic carbocycles. The zero-order chi connectivity index (χ0) is 15.9. The number of hydrogen-bond acceptors (Lipinski definition) is 7. The van der Waals surface area contributed by atoms with Crippen molar-refractivity contribution in [2.75, 3.05) is 11.1 Å². The van der Waals surface area contributed by atoms with Gasteiger partial charge in [0.15, 0.2) is 4.34 Å². The van der Waals surface area contributed by atoms with Crippen LogP contribution in [0, 0.1) is 10.1 Å². The molecule has 0 radical (unpaired) electrons. The molecule has 0 fully saturated rings. The van der Waals surface area contributed by atoms with Gasteiger partial charge in [0.2, 0.25) is 11.0 Å². The van der Waals surface area contributed by atoms with E-state index >= 15 is 0 Å². The number of amides is 1. The summed E-state index contributed by atoms with van der Waals surface area (Å²) in [4.78, 5) is 21.8. The normalized spacial score (nSPS) is 10.8. The quantitative estimate of drug-likeness (QED) is 0.286. The molecule has 0 unspecified atom stereocenters. The summed E-state index contributed by atoms with van der Waals surface area (Å²) in [6.45, 7) is 2.01. The van der Waals surface area contributed by atoms with Crippen LogP contribution < -0.4 is 5.32 Å². The third-order valence-corrected chi connectivity index (χ3v) is 4.29. The maximum atomic E-state index is 11.8. The summed E-state index contributed by atoms with van der Waals surface area (Å²) in [5.74, 6) is 0.561. The smallest absolute Gasteiger partial charge is 0.269 e. The highest BCUT2D eigenvalue weighted by atomic mass is 32.2. The second kappa shape index (κ2) is 7.66. The first-order valence-electron chi connectivity index (χ1n) is 6.28.